The van der Waals surface area contributed by atoms with Crippen LogP contribution >= 0.6 is 0 Å². The fraction of sp³-hybridized carbons (Fsp3) is 0.455. The lowest BCUT2D eigenvalue weighted by Gasteiger charge is -2.10. The molecule has 0 atom stereocenters. The molecule has 1 N–H and O–H groups in total. The second-order valence-electron chi connectivity index (χ2n) is 3.46. The number of hydrogen-bond acceptors (Lipinski definition) is 3. The van der Waals surface area contributed by atoms with E-state index >= 15 is 0 Å². The van der Waals surface area contributed by atoms with Crippen molar-refractivity contribution < 1.29 is 14.6 Å². The van der Waals surface area contributed by atoms with Gasteiger partial charge in [0.05, 0.1) is 19.8 Å². The Kier molecular flexibility index (Phi) is 2.59. The Labute approximate surface area is 83.3 Å². The van der Waals surface area contributed by atoms with Crippen LogP contribution in [0, 0.1) is 0 Å². The maximum Gasteiger partial charge on any atom is 0.161 e. The number of methoxy groups -OCH3 is 1. The molecular formula is C11H14O3. The number of ether oxygens (including phenoxy) is 2. The van der Waals surface area contributed by atoms with Crippen LogP contribution in [-0.2, 0) is 6.61 Å². The second-order valence-corrected chi connectivity index (χ2v) is 3.46. The van der Waals surface area contributed by atoms with Crippen molar-refractivity contribution in [1.29, 1.82) is 0 Å². The minimum atomic E-state index is 0.0328. The van der Waals surface area contributed by atoms with Crippen LogP contribution in [0.5, 0.6) is 11.5 Å². The number of benzene rings is 1. The maximum absolute atomic E-state index is 8.98. The van der Waals surface area contributed by atoms with Gasteiger partial charge in [-0.2, -0.15) is 0 Å². The summed E-state index contributed by atoms with van der Waals surface area (Å²) in [5.74, 6) is 1.47. The fourth-order valence-electron chi connectivity index (χ4n) is 1.28. The summed E-state index contributed by atoms with van der Waals surface area (Å²) in [4.78, 5) is 0. The predicted octanol–water partition coefficient (Wildman–Crippen LogP) is 1.73. The van der Waals surface area contributed by atoms with Crippen LogP contribution in [-0.4, -0.2) is 18.3 Å². The lowest BCUT2D eigenvalue weighted by atomic mass is 10.2. The van der Waals surface area contributed by atoms with Gasteiger partial charge in [-0.25, -0.2) is 0 Å². The van der Waals surface area contributed by atoms with Gasteiger partial charge in [0, 0.05) is 0 Å². The van der Waals surface area contributed by atoms with Crippen molar-refractivity contribution in [1.82, 2.24) is 0 Å². The van der Waals surface area contributed by atoms with Gasteiger partial charge in [-0.1, -0.05) is 6.07 Å². The summed E-state index contributed by atoms with van der Waals surface area (Å²) in [6, 6.07) is 5.49. The summed E-state index contributed by atoms with van der Waals surface area (Å²) in [6.45, 7) is 0.0328. The summed E-state index contributed by atoms with van der Waals surface area (Å²) >= 11 is 0. The molecule has 0 saturated heterocycles. The average Bonchev–Trinajstić information content (AvgIpc) is 3.01. The molecule has 76 valence electrons. The Bertz CT molecular complexity index is 318. The maximum atomic E-state index is 8.98. The van der Waals surface area contributed by atoms with Crippen LogP contribution in [0.3, 0.4) is 0 Å². The molecule has 1 aromatic rings. The standard InChI is InChI=1S/C11H14O3/c1-13-10-5-2-8(7-12)6-11(10)14-9-3-4-9/h2,5-6,9,12H,3-4,7H2,1H3. The third kappa shape index (κ3) is 1.99. The van der Waals surface area contributed by atoms with Crippen molar-refractivity contribution in [2.75, 3.05) is 7.11 Å². The highest BCUT2D eigenvalue weighted by Crippen LogP contribution is 2.34. The smallest absolute Gasteiger partial charge is 0.161 e. The molecule has 1 fully saturated rings. The first-order valence-electron chi connectivity index (χ1n) is 4.78. The third-order valence-corrected chi connectivity index (χ3v) is 2.23. The molecule has 0 aliphatic heterocycles. The highest BCUT2D eigenvalue weighted by atomic mass is 16.5. The minimum absolute atomic E-state index is 0.0328. The lowest BCUT2D eigenvalue weighted by molar-refractivity contribution is 0.270. The summed E-state index contributed by atoms with van der Waals surface area (Å²) in [7, 11) is 1.62. The van der Waals surface area contributed by atoms with E-state index < -0.39 is 0 Å². The first kappa shape index (κ1) is 9.34. The van der Waals surface area contributed by atoms with Crippen LogP contribution in [0.2, 0.25) is 0 Å². The summed E-state index contributed by atoms with van der Waals surface area (Å²) in [6.07, 6.45) is 2.58. The zero-order chi connectivity index (χ0) is 9.97. The third-order valence-electron chi connectivity index (χ3n) is 2.23. The van der Waals surface area contributed by atoms with E-state index in [-0.39, 0.29) is 6.61 Å². The lowest BCUT2D eigenvalue weighted by Crippen LogP contribution is -1.99. The number of aliphatic hydroxyl groups excluding tert-OH is 1. The number of aliphatic hydroxyl groups is 1. The normalized spacial score (nSPS) is 15.3. The monoisotopic (exact) mass is 194 g/mol. The van der Waals surface area contributed by atoms with Gasteiger partial charge in [0.2, 0.25) is 0 Å². The van der Waals surface area contributed by atoms with Crippen molar-refractivity contribution in [3.63, 3.8) is 0 Å². The molecule has 0 aromatic heterocycles. The van der Waals surface area contributed by atoms with Crippen LogP contribution in [0.4, 0.5) is 0 Å². The Morgan fingerprint density at radius 2 is 2.14 bits per heavy atom. The molecule has 14 heavy (non-hydrogen) atoms. The predicted molar refractivity (Wildman–Crippen MR) is 52.6 cm³/mol. The second kappa shape index (κ2) is 3.88. The molecular weight excluding hydrogens is 180 g/mol. The van der Waals surface area contributed by atoms with Crippen molar-refractivity contribution in [3.8, 4) is 11.5 Å². The summed E-state index contributed by atoms with van der Waals surface area (Å²) < 4.78 is 10.8. The molecule has 1 saturated carbocycles. The van der Waals surface area contributed by atoms with Crippen molar-refractivity contribution >= 4 is 0 Å². The molecule has 0 amide bonds. The molecule has 0 radical (unpaired) electrons. The zero-order valence-electron chi connectivity index (χ0n) is 8.19. The van der Waals surface area contributed by atoms with Crippen molar-refractivity contribution in [2.24, 2.45) is 0 Å². The Hall–Kier alpha value is -1.22. The van der Waals surface area contributed by atoms with Crippen LogP contribution in [0.15, 0.2) is 18.2 Å². The van der Waals surface area contributed by atoms with E-state index in [0.717, 1.165) is 29.9 Å². The van der Waals surface area contributed by atoms with E-state index in [4.69, 9.17) is 14.6 Å². The molecule has 1 aromatic carbocycles. The topological polar surface area (TPSA) is 38.7 Å². The molecule has 2 rings (SSSR count). The molecule has 0 spiro atoms. The van der Waals surface area contributed by atoms with E-state index in [2.05, 4.69) is 0 Å². The van der Waals surface area contributed by atoms with Crippen molar-refractivity contribution in [3.05, 3.63) is 23.8 Å². The highest BCUT2D eigenvalue weighted by molar-refractivity contribution is 5.43. The largest absolute Gasteiger partial charge is 0.493 e. The van der Waals surface area contributed by atoms with Crippen LogP contribution in [0.1, 0.15) is 18.4 Å². The SMILES string of the molecule is COc1ccc(CO)cc1OC1CC1. The first-order valence-corrected chi connectivity index (χ1v) is 4.78. The van der Waals surface area contributed by atoms with E-state index in [9.17, 15) is 0 Å². The van der Waals surface area contributed by atoms with Gasteiger partial charge in [-0.05, 0) is 30.5 Å². The van der Waals surface area contributed by atoms with Crippen LogP contribution < -0.4 is 9.47 Å². The quantitative estimate of drug-likeness (QED) is 0.793. The summed E-state index contributed by atoms with van der Waals surface area (Å²) in [5.41, 5.74) is 0.849. The highest BCUT2D eigenvalue weighted by Gasteiger charge is 2.24. The molecule has 0 heterocycles. The Balaban J connectivity index is 2.21. The van der Waals surface area contributed by atoms with Crippen molar-refractivity contribution in [2.45, 2.75) is 25.6 Å². The number of hydrogen-bond donors (Lipinski definition) is 1. The average molecular weight is 194 g/mol. The Morgan fingerprint density at radius 1 is 1.36 bits per heavy atom. The van der Waals surface area contributed by atoms with Gasteiger partial charge in [0.15, 0.2) is 11.5 Å². The van der Waals surface area contributed by atoms with E-state index in [1.165, 1.54) is 0 Å². The summed E-state index contributed by atoms with van der Waals surface area (Å²) in [5, 5.41) is 8.98. The minimum Gasteiger partial charge on any atom is -0.493 e. The van der Waals surface area contributed by atoms with Crippen LogP contribution in [0.25, 0.3) is 0 Å². The van der Waals surface area contributed by atoms with Gasteiger partial charge < -0.3 is 14.6 Å². The van der Waals surface area contributed by atoms with Gasteiger partial charge in [0.25, 0.3) is 0 Å². The van der Waals surface area contributed by atoms with Gasteiger partial charge in [0.1, 0.15) is 0 Å². The molecule has 1 aliphatic rings. The Morgan fingerprint density at radius 3 is 2.71 bits per heavy atom. The van der Waals surface area contributed by atoms with E-state index in [0.29, 0.717) is 6.10 Å². The molecule has 3 heteroatoms. The first-order chi connectivity index (χ1) is 6.83. The van der Waals surface area contributed by atoms with Gasteiger partial charge >= 0.3 is 0 Å². The number of rotatable bonds is 4. The zero-order valence-corrected chi connectivity index (χ0v) is 8.19. The molecule has 0 unspecified atom stereocenters. The fourth-order valence-corrected chi connectivity index (χ4v) is 1.28. The van der Waals surface area contributed by atoms with E-state index in [1.54, 1.807) is 7.11 Å². The van der Waals surface area contributed by atoms with Gasteiger partial charge in [-0.3, -0.25) is 0 Å². The molecule has 0 bridgehead atoms. The molecule has 3 nitrogen and oxygen atoms in total. The van der Waals surface area contributed by atoms with E-state index in [1.807, 2.05) is 18.2 Å². The molecule has 1 aliphatic carbocycles. The van der Waals surface area contributed by atoms with Gasteiger partial charge in [-0.15, -0.1) is 0 Å².